The molecule has 0 radical (unpaired) electrons. The van der Waals surface area contributed by atoms with Crippen LogP contribution in [0.25, 0.3) is 0 Å². The number of carbonyl (C=O) groups is 2. The van der Waals surface area contributed by atoms with Crippen molar-refractivity contribution in [3.8, 4) is 0 Å². The summed E-state index contributed by atoms with van der Waals surface area (Å²) in [7, 11) is 0. The van der Waals surface area contributed by atoms with Gasteiger partial charge in [0.2, 0.25) is 0 Å². The summed E-state index contributed by atoms with van der Waals surface area (Å²) in [6.07, 6.45) is 4.02. The number of rotatable bonds is 2. The van der Waals surface area contributed by atoms with E-state index in [0.29, 0.717) is 6.54 Å². The van der Waals surface area contributed by atoms with Gasteiger partial charge in [-0.25, -0.2) is 0 Å². The largest absolute Gasteiger partial charge is 0.362 e. The lowest BCUT2D eigenvalue weighted by molar-refractivity contribution is -0.170. The van der Waals surface area contributed by atoms with E-state index in [9.17, 15) is 9.59 Å². The minimum atomic E-state index is -0.476. The molecule has 96 valence electrons. The first-order chi connectivity index (χ1) is 8.12. The van der Waals surface area contributed by atoms with Gasteiger partial charge in [0, 0.05) is 6.54 Å². The van der Waals surface area contributed by atoms with Crippen molar-refractivity contribution in [2.75, 3.05) is 19.8 Å². The summed E-state index contributed by atoms with van der Waals surface area (Å²) in [6.45, 7) is 2.44. The van der Waals surface area contributed by atoms with Crippen LogP contribution in [0.15, 0.2) is 0 Å². The number of morpholine rings is 1. The highest BCUT2D eigenvalue weighted by Gasteiger charge is 2.48. The number of amides is 2. The molecule has 0 aromatic carbocycles. The molecule has 1 saturated carbocycles. The molecule has 0 aromatic heterocycles. The SMILES string of the molecule is CC1CCCCC1(CN)N1C(=O)COCC1=O. The Morgan fingerprint density at radius 2 is 2.00 bits per heavy atom. The molecule has 17 heavy (non-hydrogen) atoms. The van der Waals surface area contributed by atoms with Crippen LogP contribution >= 0.6 is 0 Å². The van der Waals surface area contributed by atoms with Crippen LogP contribution in [0.1, 0.15) is 32.6 Å². The van der Waals surface area contributed by atoms with Crippen molar-refractivity contribution in [3.05, 3.63) is 0 Å². The predicted octanol–water partition coefficient (Wildman–Crippen LogP) is 0.279. The predicted molar refractivity (Wildman–Crippen MR) is 62.1 cm³/mol. The van der Waals surface area contributed by atoms with E-state index in [1.807, 2.05) is 0 Å². The summed E-state index contributed by atoms with van der Waals surface area (Å²) in [4.78, 5) is 25.3. The third kappa shape index (κ3) is 1.98. The van der Waals surface area contributed by atoms with Gasteiger partial charge in [0.15, 0.2) is 0 Å². The second-order valence-corrected chi connectivity index (χ2v) is 5.07. The van der Waals surface area contributed by atoms with Crippen molar-refractivity contribution in [1.82, 2.24) is 4.90 Å². The van der Waals surface area contributed by atoms with Crippen LogP contribution in [-0.2, 0) is 14.3 Å². The van der Waals surface area contributed by atoms with E-state index in [1.165, 1.54) is 4.90 Å². The second kappa shape index (κ2) is 4.74. The standard InChI is InChI=1S/C12H20N2O3/c1-9-4-2-3-5-12(9,8-13)14-10(15)6-17-7-11(14)16/h9H,2-8,13H2,1H3. The van der Waals surface area contributed by atoms with Crippen molar-refractivity contribution < 1.29 is 14.3 Å². The number of hydrogen-bond acceptors (Lipinski definition) is 4. The summed E-state index contributed by atoms with van der Waals surface area (Å²) in [5.74, 6) is -0.201. The molecule has 1 aliphatic heterocycles. The highest BCUT2D eigenvalue weighted by Crippen LogP contribution is 2.38. The van der Waals surface area contributed by atoms with Gasteiger partial charge in [-0.05, 0) is 18.8 Å². The van der Waals surface area contributed by atoms with Crippen LogP contribution in [0.5, 0.6) is 0 Å². The average molecular weight is 240 g/mol. The fourth-order valence-electron chi connectivity index (χ4n) is 3.11. The van der Waals surface area contributed by atoms with E-state index < -0.39 is 5.54 Å². The zero-order valence-corrected chi connectivity index (χ0v) is 10.3. The van der Waals surface area contributed by atoms with Crippen LogP contribution in [0.3, 0.4) is 0 Å². The Hall–Kier alpha value is -0.940. The molecule has 5 heteroatoms. The Bertz CT molecular complexity index is 316. The smallest absolute Gasteiger partial charge is 0.255 e. The molecule has 2 unspecified atom stereocenters. The van der Waals surface area contributed by atoms with Crippen LogP contribution < -0.4 is 5.73 Å². The highest BCUT2D eigenvalue weighted by atomic mass is 16.5. The average Bonchev–Trinajstić information content (AvgIpc) is 2.31. The maximum Gasteiger partial charge on any atom is 0.255 e. The number of ether oxygens (including phenoxy) is 1. The first-order valence-electron chi connectivity index (χ1n) is 6.25. The maximum atomic E-state index is 11.9. The Labute approximate surface area is 101 Å². The second-order valence-electron chi connectivity index (χ2n) is 5.07. The molecular formula is C12H20N2O3. The molecule has 2 N–H and O–H groups in total. The number of nitrogens with two attached hydrogens (primary N) is 1. The minimum absolute atomic E-state index is 0.000208. The van der Waals surface area contributed by atoms with Gasteiger partial charge in [0.05, 0.1) is 5.54 Å². The van der Waals surface area contributed by atoms with Gasteiger partial charge >= 0.3 is 0 Å². The lowest BCUT2D eigenvalue weighted by Gasteiger charge is -2.49. The maximum absolute atomic E-state index is 11.9. The van der Waals surface area contributed by atoms with E-state index in [1.54, 1.807) is 0 Å². The molecule has 5 nitrogen and oxygen atoms in total. The van der Waals surface area contributed by atoms with E-state index in [-0.39, 0.29) is 30.9 Å². The van der Waals surface area contributed by atoms with Crippen LogP contribution in [-0.4, -0.2) is 42.0 Å². The van der Waals surface area contributed by atoms with Gasteiger partial charge in [-0.15, -0.1) is 0 Å². The molecular weight excluding hydrogens is 220 g/mol. The molecule has 1 saturated heterocycles. The molecule has 2 rings (SSSR count). The van der Waals surface area contributed by atoms with E-state index in [4.69, 9.17) is 10.5 Å². The molecule has 2 amide bonds. The lowest BCUT2D eigenvalue weighted by Crippen LogP contribution is -2.66. The van der Waals surface area contributed by atoms with Crippen molar-refractivity contribution in [2.24, 2.45) is 11.7 Å². The molecule has 1 aliphatic carbocycles. The van der Waals surface area contributed by atoms with Gasteiger partial charge in [0.25, 0.3) is 11.8 Å². The molecule has 2 aliphatic rings. The molecule has 1 heterocycles. The summed E-state index contributed by atoms with van der Waals surface area (Å²) in [6, 6.07) is 0. The molecule has 0 aromatic rings. The number of imide groups is 1. The van der Waals surface area contributed by atoms with Crippen LogP contribution in [0.2, 0.25) is 0 Å². The summed E-state index contributed by atoms with van der Waals surface area (Å²) >= 11 is 0. The van der Waals surface area contributed by atoms with Crippen molar-refractivity contribution >= 4 is 11.8 Å². The Balaban J connectivity index is 2.31. The normalized spacial score (nSPS) is 35.2. The topological polar surface area (TPSA) is 72.6 Å². The molecule has 0 spiro atoms. The first kappa shape index (κ1) is 12.5. The minimum Gasteiger partial charge on any atom is -0.362 e. The molecule has 0 bridgehead atoms. The third-order valence-corrected chi connectivity index (χ3v) is 4.16. The van der Waals surface area contributed by atoms with Gasteiger partial charge in [0.1, 0.15) is 13.2 Å². The zero-order valence-electron chi connectivity index (χ0n) is 10.3. The van der Waals surface area contributed by atoms with Crippen LogP contribution in [0, 0.1) is 5.92 Å². The fourth-order valence-corrected chi connectivity index (χ4v) is 3.11. The Morgan fingerprint density at radius 3 is 2.53 bits per heavy atom. The van der Waals surface area contributed by atoms with Gasteiger partial charge in [-0.3, -0.25) is 14.5 Å². The van der Waals surface area contributed by atoms with Crippen LogP contribution in [0.4, 0.5) is 0 Å². The Morgan fingerprint density at radius 1 is 1.35 bits per heavy atom. The van der Waals surface area contributed by atoms with Gasteiger partial charge in [-0.1, -0.05) is 19.8 Å². The lowest BCUT2D eigenvalue weighted by atomic mass is 9.72. The summed E-state index contributed by atoms with van der Waals surface area (Å²) < 4.78 is 4.96. The van der Waals surface area contributed by atoms with Crippen molar-refractivity contribution in [1.29, 1.82) is 0 Å². The van der Waals surface area contributed by atoms with E-state index in [2.05, 4.69) is 6.92 Å². The molecule has 2 atom stereocenters. The Kier molecular flexibility index (Phi) is 3.49. The van der Waals surface area contributed by atoms with Gasteiger partial charge in [-0.2, -0.15) is 0 Å². The number of hydrogen-bond donors (Lipinski definition) is 1. The van der Waals surface area contributed by atoms with Crippen molar-refractivity contribution in [2.45, 2.75) is 38.1 Å². The quantitative estimate of drug-likeness (QED) is 0.704. The molecule has 2 fully saturated rings. The fraction of sp³-hybridized carbons (Fsp3) is 0.833. The number of nitrogens with zero attached hydrogens (tertiary/aromatic N) is 1. The van der Waals surface area contributed by atoms with Gasteiger partial charge < -0.3 is 10.5 Å². The van der Waals surface area contributed by atoms with E-state index >= 15 is 0 Å². The highest BCUT2D eigenvalue weighted by molar-refractivity contribution is 5.99. The summed E-state index contributed by atoms with van der Waals surface area (Å²) in [5.41, 5.74) is 5.42. The summed E-state index contributed by atoms with van der Waals surface area (Å²) in [5, 5.41) is 0. The first-order valence-corrected chi connectivity index (χ1v) is 6.25. The van der Waals surface area contributed by atoms with E-state index in [0.717, 1.165) is 25.7 Å². The monoisotopic (exact) mass is 240 g/mol. The third-order valence-electron chi connectivity index (χ3n) is 4.16. The van der Waals surface area contributed by atoms with Crippen molar-refractivity contribution in [3.63, 3.8) is 0 Å². The number of carbonyl (C=O) groups excluding carboxylic acids is 2. The zero-order chi connectivity index (χ0) is 12.5.